The summed E-state index contributed by atoms with van der Waals surface area (Å²) in [6.07, 6.45) is 1.63. The van der Waals surface area contributed by atoms with E-state index in [0.29, 0.717) is 10.2 Å². The van der Waals surface area contributed by atoms with E-state index >= 15 is 0 Å². The zero-order valence-corrected chi connectivity index (χ0v) is 8.05. The molecule has 0 aliphatic carbocycles. The Morgan fingerprint density at radius 3 is 2.85 bits per heavy atom. The number of pyridine rings is 1. The minimum Gasteiger partial charge on any atom is -0.268 e. The van der Waals surface area contributed by atoms with Crippen molar-refractivity contribution in [1.82, 2.24) is 8.94 Å². The first-order valence-electron chi connectivity index (χ1n) is 3.57. The van der Waals surface area contributed by atoms with E-state index in [2.05, 4.69) is 4.98 Å². The van der Waals surface area contributed by atoms with E-state index in [9.17, 15) is 4.79 Å². The van der Waals surface area contributed by atoms with Crippen LogP contribution in [0.1, 0.15) is 0 Å². The number of halogens is 1. The lowest BCUT2D eigenvalue weighted by molar-refractivity contribution is 1.05. The molecule has 0 unspecified atom stereocenters. The van der Waals surface area contributed by atoms with E-state index in [1.165, 1.54) is 21.6 Å². The Labute approximate surface area is 83.4 Å². The fourth-order valence-electron chi connectivity index (χ4n) is 0.948. The molecule has 0 atom stereocenters. The Hall–Kier alpha value is -1.13. The predicted molar refractivity (Wildman–Crippen MR) is 52.7 cm³/mol. The van der Waals surface area contributed by atoms with Crippen molar-refractivity contribution in [1.29, 1.82) is 0 Å². The average Bonchev–Trinajstić information content (AvgIpc) is 2.47. The molecule has 0 N–H and O–H groups in total. The molecule has 0 aliphatic rings. The van der Waals surface area contributed by atoms with Crippen molar-refractivity contribution in [2.45, 2.75) is 0 Å². The van der Waals surface area contributed by atoms with E-state index in [1.807, 2.05) is 6.07 Å². The molecule has 2 heterocycles. The van der Waals surface area contributed by atoms with Crippen molar-refractivity contribution in [3.05, 3.63) is 45.2 Å². The molecule has 66 valence electrons. The first-order valence-corrected chi connectivity index (χ1v) is 4.73. The number of hydrogen-bond acceptors (Lipinski definition) is 3. The lowest BCUT2D eigenvalue weighted by Crippen LogP contribution is -2.10. The van der Waals surface area contributed by atoms with Crippen LogP contribution in [0.3, 0.4) is 0 Å². The first-order chi connectivity index (χ1) is 6.27. The maximum Gasteiger partial charge on any atom is 0.268 e. The fourth-order valence-corrected chi connectivity index (χ4v) is 1.92. The monoisotopic (exact) mass is 212 g/mol. The molecular weight excluding hydrogens is 208 g/mol. The quantitative estimate of drug-likeness (QED) is 0.724. The van der Waals surface area contributed by atoms with E-state index in [1.54, 1.807) is 18.3 Å². The summed E-state index contributed by atoms with van der Waals surface area (Å²) in [7, 11) is 0. The molecule has 0 aliphatic heterocycles. The minimum atomic E-state index is -0.145. The van der Waals surface area contributed by atoms with Gasteiger partial charge in [0.25, 0.3) is 5.56 Å². The van der Waals surface area contributed by atoms with Crippen molar-refractivity contribution in [2.75, 3.05) is 0 Å². The summed E-state index contributed by atoms with van der Waals surface area (Å²) in [5, 5.41) is 0. The van der Waals surface area contributed by atoms with Crippen LogP contribution in [-0.2, 0) is 0 Å². The summed E-state index contributed by atoms with van der Waals surface area (Å²) in [5.41, 5.74) is -0.145. The molecule has 0 spiro atoms. The lowest BCUT2D eigenvalue weighted by atomic mass is 10.5. The topological polar surface area (TPSA) is 34.9 Å². The highest BCUT2D eigenvalue weighted by Gasteiger charge is 2.03. The number of rotatable bonds is 1. The Morgan fingerprint density at radius 2 is 2.31 bits per heavy atom. The average molecular weight is 213 g/mol. The van der Waals surface area contributed by atoms with Gasteiger partial charge in [-0.2, -0.15) is 0 Å². The molecule has 2 aromatic heterocycles. The molecule has 2 rings (SSSR count). The van der Waals surface area contributed by atoms with Gasteiger partial charge < -0.3 is 0 Å². The normalized spacial score (nSPS) is 10.2. The Kier molecular flexibility index (Phi) is 2.16. The van der Waals surface area contributed by atoms with Crippen LogP contribution in [0.2, 0.25) is 4.34 Å². The summed E-state index contributed by atoms with van der Waals surface area (Å²) in [6, 6.07) is 6.75. The van der Waals surface area contributed by atoms with Gasteiger partial charge in [0.05, 0.1) is 0 Å². The van der Waals surface area contributed by atoms with Crippen LogP contribution in [0.4, 0.5) is 0 Å². The maximum atomic E-state index is 11.3. The van der Waals surface area contributed by atoms with E-state index in [0.717, 1.165) is 0 Å². The molecule has 0 radical (unpaired) electrons. The Balaban J connectivity index is 2.59. The van der Waals surface area contributed by atoms with Crippen LogP contribution in [0.15, 0.2) is 35.3 Å². The van der Waals surface area contributed by atoms with Gasteiger partial charge in [0.15, 0.2) is 0 Å². The van der Waals surface area contributed by atoms with E-state index < -0.39 is 0 Å². The first kappa shape index (κ1) is 8.47. The van der Waals surface area contributed by atoms with Crippen molar-refractivity contribution in [3.63, 3.8) is 0 Å². The van der Waals surface area contributed by atoms with Crippen LogP contribution < -0.4 is 5.56 Å². The van der Waals surface area contributed by atoms with Gasteiger partial charge in [0.1, 0.15) is 10.2 Å². The molecular formula is C8H5ClN2OS. The third-order valence-corrected chi connectivity index (χ3v) is 2.63. The van der Waals surface area contributed by atoms with E-state index in [4.69, 9.17) is 11.6 Å². The van der Waals surface area contributed by atoms with Crippen molar-refractivity contribution in [3.8, 4) is 5.82 Å². The van der Waals surface area contributed by atoms with Gasteiger partial charge in [-0.25, -0.2) is 8.94 Å². The molecule has 3 nitrogen and oxygen atoms in total. The van der Waals surface area contributed by atoms with Gasteiger partial charge in [-0.1, -0.05) is 17.7 Å². The zero-order chi connectivity index (χ0) is 9.26. The molecule has 0 fully saturated rings. The largest absolute Gasteiger partial charge is 0.268 e. The summed E-state index contributed by atoms with van der Waals surface area (Å²) in [4.78, 5) is 15.3. The molecule has 0 saturated carbocycles. The van der Waals surface area contributed by atoms with Crippen LogP contribution >= 0.6 is 23.1 Å². The smallest absolute Gasteiger partial charge is 0.268 e. The second-order valence-electron chi connectivity index (χ2n) is 2.36. The van der Waals surface area contributed by atoms with Crippen molar-refractivity contribution >= 4 is 23.1 Å². The fraction of sp³-hybridized carbons (Fsp3) is 0. The SMILES string of the molecule is O=c1cc(Cl)sn1-c1ccccn1. The van der Waals surface area contributed by atoms with Gasteiger partial charge in [0.2, 0.25) is 0 Å². The van der Waals surface area contributed by atoms with Crippen LogP contribution in [-0.4, -0.2) is 8.94 Å². The molecule has 0 aromatic carbocycles. The molecule has 2 aromatic rings. The van der Waals surface area contributed by atoms with Gasteiger partial charge in [-0.3, -0.25) is 4.79 Å². The van der Waals surface area contributed by atoms with Gasteiger partial charge in [-0.05, 0) is 23.7 Å². The van der Waals surface area contributed by atoms with Gasteiger partial charge in [-0.15, -0.1) is 0 Å². The van der Waals surface area contributed by atoms with Gasteiger partial charge in [0, 0.05) is 12.3 Å². The number of nitrogens with zero attached hydrogens (tertiary/aromatic N) is 2. The predicted octanol–water partition coefficient (Wildman–Crippen LogP) is 1.95. The molecule has 0 amide bonds. The van der Waals surface area contributed by atoms with Gasteiger partial charge >= 0.3 is 0 Å². The summed E-state index contributed by atoms with van der Waals surface area (Å²) in [5.74, 6) is 0.601. The van der Waals surface area contributed by atoms with Crippen molar-refractivity contribution < 1.29 is 0 Å². The number of aromatic nitrogens is 2. The minimum absolute atomic E-state index is 0.145. The number of hydrogen-bond donors (Lipinski definition) is 0. The zero-order valence-electron chi connectivity index (χ0n) is 6.48. The summed E-state index contributed by atoms with van der Waals surface area (Å²) in [6.45, 7) is 0. The standard InChI is InChI=1S/C8H5ClN2OS/c9-6-5-8(12)11(13-6)7-3-1-2-4-10-7/h1-5H. The highest BCUT2D eigenvalue weighted by Crippen LogP contribution is 2.15. The van der Waals surface area contributed by atoms with Crippen LogP contribution in [0.25, 0.3) is 5.82 Å². The third-order valence-electron chi connectivity index (χ3n) is 1.47. The van der Waals surface area contributed by atoms with Crippen LogP contribution in [0.5, 0.6) is 0 Å². The highest BCUT2D eigenvalue weighted by atomic mass is 35.5. The Bertz CT molecular complexity index is 462. The maximum absolute atomic E-state index is 11.3. The molecule has 0 bridgehead atoms. The second kappa shape index (κ2) is 3.32. The van der Waals surface area contributed by atoms with Crippen LogP contribution in [0, 0.1) is 0 Å². The summed E-state index contributed by atoms with van der Waals surface area (Å²) >= 11 is 6.86. The lowest BCUT2D eigenvalue weighted by Gasteiger charge is -1.95. The third kappa shape index (κ3) is 1.64. The summed E-state index contributed by atoms with van der Waals surface area (Å²) < 4.78 is 1.91. The highest BCUT2D eigenvalue weighted by molar-refractivity contribution is 7.11. The molecule has 5 heteroatoms. The van der Waals surface area contributed by atoms with Crippen molar-refractivity contribution in [2.24, 2.45) is 0 Å². The Morgan fingerprint density at radius 1 is 1.46 bits per heavy atom. The second-order valence-corrected chi connectivity index (χ2v) is 3.98. The molecule has 0 saturated heterocycles. The van der Waals surface area contributed by atoms with E-state index in [-0.39, 0.29) is 5.56 Å². The molecule has 13 heavy (non-hydrogen) atoms.